The first-order valence-electron chi connectivity index (χ1n) is 14.4. The Morgan fingerprint density at radius 3 is 2.40 bits per heavy atom. The van der Waals surface area contributed by atoms with Crippen LogP contribution in [0.3, 0.4) is 0 Å². The number of hydrogen-bond acceptors (Lipinski definition) is 6. The largest absolute Gasteiger partial charge is 0.396 e. The van der Waals surface area contributed by atoms with Crippen LogP contribution < -0.4 is 5.73 Å². The number of likely N-dealkylation sites (tertiary alicyclic amines) is 1. The number of nitrogen functional groups attached to an aromatic ring is 1. The number of likely N-dealkylation sites (N-methyl/N-ethyl adjacent to an activating group) is 1. The fourth-order valence-electron chi connectivity index (χ4n) is 6.10. The van der Waals surface area contributed by atoms with Gasteiger partial charge in [0, 0.05) is 25.1 Å². The van der Waals surface area contributed by atoms with Crippen LogP contribution in [0.25, 0.3) is 11.3 Å². The normalized spacial score (nSPS) is 23.2. The molecule has 2 fully saturated rings. The Morgan fingerprint density at radius 1 is 1.14 bits per heavy atom. The van der Waals surface area contributed by atoms with Crippen LogP contribution in [0.1, 0.15) is 70.5 Å². The highest BCUT2D eigenvalue weighted by Gasteiger charge is 2.54. The molecule has 2 heterocycles. The smallest absolute Gasteiger partial charge is 0.250 e. The topological polar surface area (TPSA) is 114 Å². The van der Waals surface area contributed by atoms with E-state index in [1.54, 1.807) is 54.0 Å². The monoisotopic (exact) mass is 656 g/mol. The molecule has 12 heteroatoms. The second-order valence-electron chi connectivity index (χ2n) is 12.1. The van der Waals surface area contributed by atoms with Crippen LogP contribution in [0, 0.1) is 23.0 Å². The number of nitrogens with zero attached hydrogens (tertiary/aromatic N) is 5. The van der Waals surface area contributed by atoms with Crippen molar-refractivity contribution >= 4 is 39.3 Å². The summed E-state index contributed by atoms with van der Waals surface area (Å²) in [5.41, 5.74) is 5.77. The van der Waals surface area contributed by atoms with Crippen molar-refractivity contribution in [2.75, 3.05) is 12.8 Å². The summed E-state index contributed by atoms with van der Waals surface area (Å²) >= 11 is 2.85. The minimum atomic E-state index is -1.04. The quantitative estimate of drug-likeness (QED) is 0.199. The number of halogens is 3. The maximum atomic E-state index is 14.3. The van der Waals surface area contributed by atoms with Gasteiger partial charge in [-0.1, -0.05) is 49.4 Å². The Hall–Kier alpha value is -3.67. The maximum absolute atomic E-state index is 14.3. The summed E-state index contributed by atoms with van der Waals surface area (Å²) in [7, 11) is 1.73. The summed E-state index contributed by atoms with van der Waals surface area (Å²) in [4.78, 5) is 43.9. The number of amides is 3. The van der Waals surface area contributed by atoms with Crippen molar-refractivity contribution in [2.24, 2.45) is 11.3 Å². The molecule has 5 rings (SSSR count). The lowest BCUT2D eigenvalue weighted by atomic mass is 9.77. The molecule has 2 N–H and O–H groups in total. The van der Waals surface area contributed by atoms with E-state index in [9.17, 15) is 23.2 Å². The first-order valence-corrected chi connectivity index (χ1v) is 15.2. The van der Waals surface area contributed by atoms with E-state index in [0.29, 0.717) is 31.2 Å². The average Bonchev–Trinajstić information content (AvgIpc) is 3.58. The van der Waals surface area contributed by atoms with Gasteiger partial charge in [-0.2, -0.15) is 0 Å². The van der Waals surface area contributed by atoms with Crippen molar-refractivity contribution < 1.29 is 23.2 Å². The average molecular weight is 658 g/mol. The molecule has 2 atom stereocenters. The highest BCUT2D eigenvalue weighted by Crippen LogP contribution is 2.44. The summed E-state index contributed by atoms with van der Waals surface area (Å²) < 4.78 is 29.8. The molecular formula is C31H35BrF2N6O3. The lowest BCUT2D eigenvalue weighted by Crippen LogP contribution is -2.49. The lowest BCUT2D eigenvalue weighted by Gasteiger charge is -2.38. The van der Waals surface area contributed by atoms with E-state index in [4.69, 9.17) is 5.73 Å². The first kappa shape index (κ1) is 30.8. The summed E-state index contributed by atoms with van der Waals surface area (Å²) in [6.07, 6.45) is 4.34. The van der Waals surface area contributed by atoms with Crippen molar-refractivity contribution in [2.45, 2.75) is 71.0 Å². The van der Waals surface area contributed by atoms with Crippen LogP contribution in [-0.4, -0.2) is 55.6 Å². The van der Waals surface area contributed by atoms with Crippen molar-refractivity contribution in [3.63, 3.8) is 0 Å². The second-order valence-corrected chi connectivity index (χ2v) is 12.9. The Morgan fingerprint density at radius 2 is 1.79 bits per heavy atom. The summed E-state index contributed by atoms with van der Waals surface area (Å²) in [6, 6.07) is 8.90. The van der Waals surface area contributed by atoms with Gasteiger partial charge in [-0.05, 0) is 66.1 Å². The van der Waals surface area contributed by atoms with Crippen molar-refractivity contribution in [3.8, 4) is 11.3 Å². The fourth-order valence-corrected chi connectivity index (χ4v) is 6.42. The van der Waals surface area contributed by atoms with E-state index in [0.717, 1.165) is 6.07 Å². The molecule has 43 heavy (non-hydrogen) atoms. The van der Waals surface area contributed by atoms with Crippen LogP contribution in [-0.2, 0) is 14.4 Å². The van der Waals surface area contributed by atoms with Crippen LogP contribution in [0.15, 0.2) is 47.1 Å². The number of rotatable bonds is 7. The predicted molar refractivity (Wildman–Crippen MR) is 160 cm³/mol. The first-order chi connectivity index (χ1) is 20.3. The molecule has 2 unspecified atom stereocenters. The van der Waals surface area contributed by atoms with Crippen LogP contribution in [0.2, 0.25) is 0 Å². The molecule has 0 radical (unpaired) electrons. The van der Waals surface area contributed by atoms with Crippen LogP contribution >= 0.6 is 15.9 Å². The lowest BCUT2D eigenvalue weighted by molar-refractivity contribution is -0.154. The van der Waals surface area contributed by atoms with E-state index >= 15 is 0 Å². The Bertz CT molecular complexity index is 1560. The Kier molecular flexibility index (Phi) is 8.43. The standard InChI is InChI=1S/C31H35BrF2N6O3/c1-17(2)31(3)15-24(41)40(30(31)43)28(18-8-6-5-7-9-18)29(42)38(4)19-10-12-20(13-11-19)39-16-23(36-37-39)21-14-22(33)25(32)26(34)27(21)35/h5-9,14,16-17,19-20,28H,10-13,15,35H2,1-4H3. The highest BCUT2D eigenvalue weighted by atomic mass is 79.9. The van der Waals surface area contributed by atoms with Crippen LogP contribution in [0.5, 0.6) is 0 Å². The van der Waals surface area contributed by atoms with Gasteiger partial charge in [0.25, 0.3) is 5.91 Å². The van der Waals surface area contributed by atoms with Gasteiger partial charge in [0.05, 0.1) is 27.8 Å². The number of benzene rings is 2. The second kappa shape index (κ2) is 11.8. The number of imide groups is 1. The molecule has 228 valence electrons. The molecule has 0 bridgehead atoms. The minimum absolute atomic E-state index is 0.0363. The molecule has 1 aliphatic heterocycles. The third-order valence-electron chi connectivity index (χ3n) is 9.30. The van der Waals surface area contributed by atoms with Gasteiger partial charge in [0.2, 0.25) is 11.8 Å². The third-order valence-corrected chi connectivity index (χ3v) is 10.0. The van der Waals surface area contributed by atoms with Gasteiger partial charge in [-0.25, -0.2) is 13.5 Å². The number of carbonyl (C=O) groups is 3. The van der Waals surface area contributed by atoms with Crippen molar-refractivity contribution in [1.29, 1.82) is 0 Å². The van der Waals surface area contributed by atoms with E-state index in [1.165, 1.54) is 4.90 Å². The van der Waals surface area contributed by atoms with Gasteiger partial charge < -0.3 is 10.6 Å². The van der Waals surface area contributed by atoms with Gasteiger partial charge in [0.15, 0.2) is 5.82 Å². The zero-order valence-electron chi connectivity index (χ0n) is 24.6. The van der Waals surface area contributed by atoms with E-state index in [-0.39, 0.29) is 63.6 Å². The van der Waals surface area contributed by atoms with Gasteiger partial charge in [-0.15, -0.1) is 5.10 Å². The molecular weight excluding hydrogens is 622 g/mol. The van der Waals surface area contributed by atoms with Gasteiger partial charge >= 0.3 is 0 Å². The number of hydrogen-bond donors (Lipinski definition) is 1. The van der Waals surface area contributed by atoms with E-state index in [1.807, 2.05) is 19.9 Å². The number of nitrogens with two attached hydrogens (primary N) is 1. The molecule has 1 aromatic heterocycles. The summed E-state index contributed by atoms with van der Waals surface area (Å²) in [5, 5.41) is 8.31. The SMILES string of the molecule is CC(C)C1(C)CC(=O)N(C(C(=O)N(C)C2CCC(n3cc(-c4cc(F)c(Br)c(F)c4N)nn3)CC2)c2ccccc2)C1=O. The zero-order valence-corrected chi connectivity index (χ0v) is 26.1. The molecule has 1 saturated heterocycles. The predicted octanol–water partition coefficient (Wildman–Crippen LogP) is 5.67. The van der Waals surface area contributed by atoms with Gasteiger partial charge in [-0.3, -0.25) is 19.3 Å². The highest BCUT2D eigenvalue weighted by molar-refractivity contribution is 9.10. The van der Waals surface area contributed by atoms with Crippen LogP contribution in [0.4, 0.5) is 14.5 Å². The Balaban J connectivity index is 1.32. The molecule has 3 amide bonds. The molecule has 3 aromatic rings. The van der Waals surface area contributed by atoms with E-state index < -0.39 is 23.1 Å². The Labute approximate surface area is 257 Å². The number of aromatic nitrogens is 3. The van der Waals surface area contributed by atoms with Crippen molar-refractivity contribution in [1.82, 2.24) is 24.8 Å². The fraction of sp³-hybridized carbons (Fsp3) is 0.452. The summed E-state index contributed by atoms with van der Waals surface area (Å²) in [6.45, 7) is 5.63. The number of anilines is 1. The molecule has 2 aromatic carbocycles. The molecule has 1 saturated carbocycles. The van der Waals surface area contributed by atoms with E-state index in [2.05, 4.69) is 26.2 Å². The molecule has 9 nitrogen and oxygen atoms in total. The molecule has 1 aliphatic carbocycles. The molecule has 0 spiro atoms. The minimum Gasteiger partial charge on any atom is -0.396 e. The van der Waals surface area contributed by atoms with Crippen molar-refractivity contribution in [3.05, 3.63) is 64.3 Å². The summed E-state index contributed by atoms with van der Waals surface area (Å²) in [5.74, 6) is -2.71. The third kappa shape index (κ3) is 5.45. The zero-order chi connectivity index (χ0) is 31.2. The maximum Gasteiger partial charge on any atom is 0.250 e. The number of carbonyl (C=O) groups excluding carboxylic acids is 3. The molecule has 2 aliphatic rings. The van der Waals surface area contributed by atoms with Gasteiger partial charge in [0.1, 0.15) is 17.6 Å².